The van der Waals surface area contributed by atoms with Crippen LogP contribution in [0.2, 0.25) is 0 Å². The summed E-state index contributed by atoms with van der Waals surface area (Å²) < 4.78 is 16.4. The Hall–Kier alpha value is -1.26. The van der Waals surface area contributed by atoms with E-state index in [0.717, 1.165) is 30.1 Å². The number of methoxy groups -OCH3 is 2. The monoisotopic (exact) mass is 281 g/mol. The zero-order valence-electron chi connectivity index (χ0n) is 13.2. The Morgan fingerprint density at radius 3 is 2.45 bits per heavy atom. The number of benzene rings is 1. The number of nitrogens with one attached hydrogen (secondary N) is 1. The van der Waals surface area contributed by atoms with E-state index in [1.165, 1.54) is 0 Å². The van der Waals surface area contributed by atoms with E-state index in [1.54, 1.807) is 14.2 Å². The first-order chi connectivity index (χ1) is 9.62. The van der Waals surface area contributed by atoms with E-state index in [9.17, 15) is 0 Å². The predicted molar refractivity (Wildman–Crippen MR) is 81.6 cm³/mol. The lowest BCUT2D eigenvalue weighted by Crippen LogP contribution is -2.23. The van der Waals surface area contributed by atoms with Gasteiger partial charge in [-0.2, -0.15) is 0 Å². The van der Waals surface area contributed by atoms with Crippen LogP contribution >= 0.6 is 0 Å². The fourth-order valence-electron chi connectivity index (χ4n) is 1.96. The van der Waals surface area contributed by atoms with Crippen LogP contribution in [0.4, 0.5) is 0 Å². The Balaban J connectivity index is 2.68. The first-order valence-corrected chi connectivity index (χ1v) is 7.09. The normalized spacial score (nSPS) is 12.5. The maximum absolute atomic E-state index is 5.76. The Morgan fingerprint density at radius 2 is 1.90 bits per heavy atom. The molecule has 0 aliphatic heterocycles. The highest BCUT2D eigenvalue weighted by Crippen LogP contribution is 2.29. The molecule has 1 aromatic carbocycles. The molecule has 0 heterocycles. The zero-order valence-corrected chi connectivity index (χ0v) is 13.2. The lowest BCUT2D eigenvalue weighted by atomic mass is 10.1. The van der Waals surface area contributed by atoms with Gasteiger partial charge in [-0.25, -0.2) is 0 Å². The SMILES string of the molecule is CNC(COCCC(C)C)c1ccc(OC)cc1OC. The molecule has 0 saturated heterocycles. The van der Waals surface area contributed by atoms with Gasteiger partial charge in [0.05, 0.1) is 26.9 Å². The number of hydrogen-bond donors (Lipinski definition) is 1. The van der Waals surface area contributed by atoms with Gasteiger partial charge < -0.3 is 19.5 Å². The molecule has 1 N–H and O–H groups in total. The summed E-state index contributed by atoms with van der Waals surface area (Å²) >= 11 is 0. The number of hydrogen-bond acceptors (Lipinski definition) is 4. The van der Waals surface area contributed by atoms with E-state index in [1.807, 2.05) is 25.2 Å². The highest BCUT2D eigenvalue weighted by atomic mass is 16.5. The minimum atomic E-state index is 0.114. The van der Waals surface area contributed by atoms with E-state index >= 15 is 0 Å². The van der Waals surface area contributed by atoms with Crippen molar-refractivity contribution in [2.75, 3.05) is 34.5 Å². The molecule has 0 bridgehead atoms. The third-order valence-corrected chi connectivity index (χ3v) is 3.29. The van der Waals surface area contributed by atoms with Gasteiger partial charge in [-0.15, -0.1) is 0 Å². The van der Waals surface area contributed by atoms with Crippen LogP contribution in [0.5, 0.6) is 11.5 Å². The second-order valence-electron chi connectivity index (χ2n) is 5.21. The molecule has 0 radical (unpaired) electrons. The van der Waals surface area contributed by atoms with Gasteiger partial charge in [-0.05, 0) is 31.5 Å². The molecular weight excluding hydrogens is 254 g/mol. The van der Waals surface area contributed by atoms with E-state index in [2.05, 4.69) is 19.2 Å². The molecule has 1 rings (SSSR count). The van der Waals surface area contributed by atoms with Gasteiger partial charge >= 0.3 is 0 Å². The minimum absolute atomic E-state index is 0.114. The summed E-state index contributed by atoms with van der Waals surface area (Å²) in [5.74, 6) is 2.27. The van der Waals surface area contributed by atoms with Crippen molar-refractivity contribution in [3.8, 4) is 11.5 Å². The number of rotatable bonds is 9. The molecule has 0 saturated carbocycles. The van der Waals surface area contributed by atoms with E-state index < -0.39 is 0 Å². The molecular formula is C16H27NO3. The van der Waals surface area contributed by atoms with Crippen molar-refractivity contribution in [3.05, 3.63) is 23.8 Å². The largest absolute Gasteiger partial charge is 0.497 e. The van der Waals surface area contributed by atoms with E-state index in [0.29, 0.717) is 12.5 Å². The topological polar surface area (TPSA) is 39.7 Å². The number of likely N-dealkylation sites (N-methyl/N-ethyl adjacent to an activating group) is 1. The Labute approximate surface area is 122 Å². The third-order valence-electron chi connectivity index (χ3n) is 3.29. The van der Waals surface area contributed by atoms with Crippen LogP contribution < -0.4 is 14.8 Å². The molecule has 114 valence electrons. The van der Waals surface area contributed by atoms with Crippen LogP contribution in [0.25, 0.3) is 0 Å². The highest BCUT2D eigenvalue weighted by Gasteiger charge is 2.15. The Morgan fingerprint density at radius 1 is 1.15 bits per heavy atom. The average molecular weight is 281 g/mol. The summed E-state index contributed by atoms with van der Waals surface area (Å²) in [5.41, 5.74) is 1.08. The first kappa shape index (κ1) is 16.8. The average Bonchev–Trinajstić information content (AvgIpc) is 2.46. The van der Waals surface area contributed by atoms with Crippen molar-refractivity contribution >= 4 is 0 Å². The van der Waals surface area contributed by atoms with Crippen molar-refractivity contribution in [1.82, 2.24) is 5.32 Å². The molecule has 0 spiro atoms. The highest BCUT2D eigenvalue weighted by molar-refractivity contribution is 5.42. The summed E-state index contributed by atoms with van der Waals surface area (Å²) in [5, 5.41) is 3.27. The van der Waals surface area contributed by atoms with Crippen molar-refractivity contribution in [1.29, 1.82) is 0 Å². The van der Waals surface area contributed by atoms with Crippen LogP contribution in [-0.4, -0.2) is 34.5 Å². The fraction of sp³-hybridized carbons (Fsp3) is 0.625. The molecule has 0 aliphatic carbocycles. The predicted octanol–water partition coefficient (Wildman–Crippen LogP) is 3.03. The van der Waals surface area contributed by atoms with Crippen LogP contribution in [0.15, 0.2) is 18.2 Å². The summed E-state index contributed by atoms with van der Waals surface area (Å²) in [7, 11) is 5.25. The van der Waals surface area contributed by atoms with Crippen LogP contribution in [0.1, 0.15) is 31.9 Å². The second kappa shape index (κ2) is 8.82. The first-order valence-electron chi connectivity index (χ1n) is 7.09. The molecule has 1 aromatic rings. The number of ether oxygens (including phenoxy) is 3. The van der Waals surface area contributed by atoms with E-state index in [-0.39, 0.29) is 6.04 Å². The third kappa shape index (κ3) is 5.02. The van der Waals surface area contributed by atoms with Gasteiger partial charge in [0, 0.05) is 18.2 Å². The van der Waals surface area contributed by atoms with Crippen molar-refractivity contribution in [2.45, 2.75) is 26.3 Å². The van der Waals surface area contributed by atoms with Gasteiger partial charge in [0.2, 0.25) is 0 Å². The fourth-order valence-corrected chi connectivity index (χ4v) is 1.96. The second-order valence-corrected chi connectivity index (χ2v) is 5.21. The van der Waals surface area contributed by atoms with Gasteiger partial charge in [-0.3, -0.25) is 0 Å². The minimum Gasteiger partial charge on any atom is -0.497 e. The summed E-state index contributed by atoms with van der Waals surface area (Å²) in [6.07, 6.45) is 1.08. The molecule has 4 nitrogen and oxygen atoms in total. The van der Waals surface area contributed by atoms with Crippen molar-refractivity contribution < 1.29 is 14.2 Å². The molecule has 20 heavy (non-hydrogen) atoms. The van der Waals surface area contributed by atoms with Crippen LogP contribution in [0.3, 0.4) is 0 Å². The Bertz CT molecular complexity index is 393. The molecule has 1 atom stereocenters. The maximum atomic E-state index is 5.76. The molecule has 4 heteroatoms. The van der Waals surface area contributed by atoms with Gasteiger partial charge in [0.15, 0.2) is 0 Å². The van der Waals surface area contributed by atoms with Crippen LogP contribution in [0, 0.1) is 5.92 Å². The van der Waals surface area contributed by atoms with Crippen molar-refractivity contribution in [2.24, 2.45) is 5.92 Å². The zero-order chi connectivity index (χ0) is 15.0. The molecule has 0 amide bonds. The Kier molecular flexibility index (Phi) is 7.41. The summed E-state index contributed by atoms with van der Waals surface area (Å²) in [6.45, 7) is 5.82. The summed E-state index contributed by atoms with van der Waals surface area (Å²) in [4.78, 5) is 0. The molecule has 0 aromatic heterocycles. The maximum Gasteiger partial charge on any atom is 0.127 e. The lowest BCUT2D eigenvalue weighted by molar-refractivity contribution is 0.104. The summed E-state index contributed by atoms with van der Waals surface area (Å²) in [6, 6.07) is 5.97. The van der Waals surface area contributed by atoms with Gasteiger partial charge in [0.1, 0.15) is 11.5 Å². The standard InChI is InChI=1S/C16H27NO3/c1-12(2)8-9-20-11-15(17-3)14-7-6-13(18-4)10-16(14)19-5/h6-7,10,12,15,17H,8-9,11H2,1-5H3. The van der Waals surface area contributed by atoms with Crippen LogP contribution in [-0.2, 0) is 4.74 Å². The lowest BCUT2D eigenvalue weighted by Gasteiger charge is -2.20. The quantitative estimate of drug-likeness (QED) is 0.706. The van der Waals surface area contributed by atoms with Crippen molar-refractivity contribution in [3.63, 3.8) is 0 Å². The smallest absolute Gasteiger partial charge is 0.127 e. The van der Waals surface area contributed by atoms with Gasteiger partial charge in [-0.1, -0.05) is 13.8 Å². The van der Waals surface area contributed by atoms with Gasteiger partial charge in [0.25, 0.3) is 0 Å². The molecule has 0 fully saturated rings. The molecule has 0 aliphatic rings. The van der Waals surface area contributed by atoms with E-state index in [4.69, 9.17) is 14.2 Å². The molecule has 1 unspecified atom stereocenters.